The van der Waals surface area contributed by atoms with Gasteiger partial charge in [0.1, 0.15) is 0 Å². The van der Waals surface area contributed by atoms with Gasteiger partial charge in [-0.15, -0.1) is 0 Å². The third-order valence-corrected chi connectivity index (χ3v) is 2.62. The zero-order chi connectivity index (χ0) is 11.7. The maximum atomic E-state index is 4.44. The lowest BCUT2D eigenvalue weighted by Crippen LogP contribution is -2.01. The minimum Gasteiger partial charge on any atom is -0.259 e. The van der Waals surface area contributed by atoms with Crippen molar-refractivity contribution in [2.24, 2.45) is 0 Å². The lowest BCUT2D eigenvalue weighted by molar-refractivity contribution is 0.798. The average Bonchev–Trinajstić information content (AvgIpc) is 2.58. The fraction of sp³-hybridized carbons (Fsp3) is 0.385. The molecule has 2 heterocycles. The van der Waals surface area contributed by atoms with Crippen LogP contribution in [0.2, 0.25) is 0 Å². The van der Waals surface area contributed by atoms with Gasteiger partial charge in [-0.25, -0.2) is 4.68 Å². The highest BCUT2D eigenvalue weighted by Crippen LogP contribution is 2.15. The third kappa shape index (κ3) is 1.98. The second-order valence-electron chi connectivity index (χ2n) is 4.43. The van der Waals surface area contributed by atoms with Crippen LogP contribution in [0.25, 0.3) is 5.69 Å². The lowest BCUT2D eigenvalue weighted by atomic mass is 10.1. The molecule has 0 aliphatic rings. The molecule has 0 atom stereocenters. The van der Waals surface area contributed by atoms with Gasteiger partial charge >= 0.3 is 0 Å². The number of rotatable bonds is 2. The van der Waals surface area contributed by atoms with Crippen LogP contribution >= 0.6 is 0 Å². The van der Waals surface area contributed by atoms with Crippen molar-refractivity contribution in [3.05, 3.63) is 41.5 Å². The van der Waals surface area contributed by atoms with Crippen molar-refractivity contribution in [1.29, 1.82) is 0 Å². The highest BCUT2D eigenvalue weighted by molar-refractivity contribution is 5.32. The van der Waals surface area contributed by atoms with Crippen LogP contribution in [0.1, 0.15) is 36.8 Å². The van der Waals surface area contributed by atoms with E-state index in [9.17, 15) is 0 Å². The van der Waals surface area contributed by atoms with E-state index in [2.05, 4.69) is 49.1 Å². The largest absolute Gasteiger partial charge is 0.259 e. The first-order valence-electron chi connectivity index (χ1n) is 5.57. The molecule has 3 heteroatoms. The first-order valence-corrected chi connectivity index (χ1v) is 5.57. The molecule has 0 saturated heterocycles. The Hall–Kier alpha value is -1.64. The van der Waals surface area contributed by atoms with Crippen LogP contribution in [-0.2, 0) is 0 Å². The zero-order valence-electron chi connectivity index (χ0n) is 10.2. The SMILES string of the molecule is Cc1cc(C)n(-c2ccc(C(C)C)nc2)n1. The van der Waals surface area contributed by atoms with Crippen LogP contribution in [-0.4, -0.2) is 14.8 Å². The van der Waals surface area contributed by atoms with E-state index in [1.54, 1.807) is 0 Å². The van der Waals surface area contributed by atoms with Gasteiger partial charge in [0.15, 0.2) is 0 Å². The Balaban J connectivity index is 2.38. The number of aromatic nitrogens is 3. The third-order valence-electron chi connectivity index (χ3n) is 2.62. The molecular weight excluding hydrogens is 198 g/mol. The summed E-state index contributed by atoms with van der Waals surface area (Å²) in [7, 11) is 0. The van der Waals surface area contributed by atoms with Crippen LogP contribution in [0.3, 0.4) is 0 Å². The fourth-order valence-electron chi connectivity index (χ4n) is 1.75. The maximum absolute atomic E-state index is 4.44. The molecule has 0 aliphatic carbocycles. The summed E-state index contributed by atoms with van der Waals surface area (Å²) in [6.45, 7) is 8.34. The van der Waals surface area contributed by atoms with E-state index in [4.69, 9.17) is 0 Å². The minimum absolute atomic E-state index is 0.467. The number of nitrogens with zero attached hydrogens (tertiary/aromatic N) is 3. The Morgan fingerprint density at radius 2 is 1.94 bits per heavy atom. The Bertz CT molecular complexity index is 480. The quantitative estimate of drug-likeness (QED) is 0.771. The summed E-state index contributed by atoms with van der Waals surface area (Å²) in [5.41, 5.74) is 4.31. The van der Waals surface area contributed by atoms with E-state index in [0.717, 1.165) is 22.8 Å². The smallest absolute Gasteiger partial charge is 0.0832 e. The molecular formula is C13H17N3. The van der Waals surface area contributed by atoms with Gasteiger partial charge in [0.2, 0.25) is 0 Å². The molecule has 0 radical (unpaired) electrons. The first kappa shape index (κ1) is 10.9. The molecule has 2 aromatic heterocycles. The summed E-state index contributed by atoms with van der Waals surface area (Å²) in [6.07, 6.45) is 1.88. The van der Waals surface area contributed by atoms with Crippen LogP contribution < -0.4 is 0 Å². The van der Waals surface area contributed by atoms with E-state index in [0.29, 0.717) is 5.92 Å². The Morgan fingerprint density at radius 1 is 1.19 bits per heavy atom. The zero-order valence-corrected chi connectivity index (χ0v) is 10.2. The minimum atomic E-state index is 0.467. The molecule has 0 N–H and O–H groups in total. The number of hydrogen-bond donors (Lipinski definition) is 0. The van der Waals surface area contributed by atoms with Gasteiger partial charge in [-0.2, -0.15) is 5.10 Å². The van der Waals surface area contributed by atoms with E-state index in [1.165, 1.54) is 0 Å². The standard InChI is InChI=1S/C13H17N3/c1-9(2)13-6-5-12(8-14-13)16-11(4)7-10(3)15-16/h5-9H,1-4H3. The number of pyridine rings is 1. The molecule has 0 fully saturated rings. The lowest BCUT2D eigenvalue weighted by Gasteiger charge is -2.07. The van der Waals surface area contributed by atoms with E-state index < -0.39 is 0 Å². The van der Waals surface area contributed by atoms with Crippen LogP contribution in [0, 0.1) is 13.8 Å². The molecule has 2 aromatic rings. The summed E-state index contributed by atoms with van der Waals surface area (Å²) in [5.74, 6) is 0.467. The molecule has 0 bridgehead atoms. The summed E-state index contributed by atoms with van der Waals surface area (Å²) in [4.78, 5) is 4.44. The van der Waals surface area contributed by atoms with Gasteiger partial charge in [-0.1, -0.05) is 13.8 Å². The molecule has 0 saturated carbocycles. The van der Waals surface area contributed by atoms with E-state index in [1.807, 2.05) is 17.8 Å². The Morgan fingerprint density at radius 3 is 2.38 bits per heavy atom. The number of hydrogen-bond acceptors (Lipinski definition) is 2. The molecule has 0 unspecified atom stereocenters. The molecule has 0 amide bonds. The van der Waals surface area contributed by atoms with E-state index in [-0.39, 0.29) is 0 Å². The topological polar surface area (TPSA) is 30.7 Å². The summed E-state index contributed by atoms with van der Waals surface area (Å²) in [6, 6.07) is 6.20. The summed E-state index contributed by atoms with van der Waals surface area (Å²) >= 11 is 0. The predicted octanol–water partition coefficient (Wildman–Crippen LogP) is 3.01. The van der Waals surface area contributed by atoms with Crippen molar-refractivity contribution in [2.75, 3.05) is 0 Å². The predicted molar refractivity (Wildman–Crippen MR) is 64.9 cm³/mol. The van der Waals surface area contributed by atoms with Crippen LogP contribution in [0.15, 0.2) is 24.4 Å². The van der Waals surface area contributed by atoms with Gasteiger partial charge in [0.05, 0.1) is 17.6 Å². The fourth-order valence-corrected chi connectivity index (χ4v) is 1.75. The van der Waals surface area contributed by atoms with Gasteiger partial charge in [0, 0.05) is 11.4 Å². The number of aryl methyl sites for hydroxylation is 2. The normalized spacial score (nSPS) is 11.1. The second-order valence-corrected chi connectivity index (χ2v) is 4.43. The summed E-state index contributed by atoms with van der Waals surface area (Å²) in [5, 5.41) is 4.43. The van der Waals surface area contributed by atoms with Crippen LogP contribution in [0.5, 0.6) is 0 Å². The van der Waals surface area contributed by atoms with Crippen molar-refractivity contribution >= 4 is 0 Å². The molecule has 0 aliphatic heterocycles. The van der Waals surface area contributed by atoms with Gasteiger partial charge in [0.25, 0.3) is 0 Å². The molecule has 0 aromatic carbocycles. The highest BCUT2D eigenvalue weighted by atomic mass is 15.3. The molecule has 3 nitrogen and oxygen atoms in total. The maximum Gasteiger partial charge on any atom is 0.0832 e. The van der Waals surface area contributed by atoms with Crippen LogP contribution in [0.4, 0.5) is 0 Å². The monoisotopic (exact) mass is 215 g/mol. The highest BCUT2D eigenvalue weighted by Gasteiger charge is 2.05. The van der Waals surface area contributed by atoms with Gasteiger partial charge < -0.3 is 0 Å². The Kier molecular flexibility index (Phi) is 2.77. The van der Waals surface area contributed by atoms with Crippen molar-refractivity contribution in [2.45, 2.75) is 33.6 Å². The molecule has 16 heavy (non-hydrogen) atoms. The molecule has 0 spiro atoms. The summed E-state index contributed by atoms with van der Waals surface area (Å²) < 4.78 is 1.92. The molecule has 2 rings (SSSR count). The average molecular weight is 215 g/mol. The Labute approximate surface area is 96.1 Å². The van der Waals surface area contributed by atoms with Crippen molar-refractivity contribution in [3.63, 3.8) is 0 Å². The second kappa shape index (κ2) is 4.08. The molecule has 84 valence electrons. The van der Waals surface area contributed by atoms with Crippen molar-refractivity contribution in [1.82, 2.24) is 14.8 Å². The first-order chi connectivity index (χ1) is 7.58. The van der Waals surface area contributed by atoms with Gasteiger partial charge in [-0.05, 0) is 38.0 Å². The van der Waals surface area contributed by atoms with E-state index >= 15 is 0 Å². The van der Waals surface area contributed by atoms with Crippen molar-refractivity contribution < 1.29 is 0 Å². The van der Waals surface area contributed by atoms with Crippen molar-refractivity contribution in [3.8, 4) is 5.69 Å². The van der Waals surface area contributed by atoms with Gasteiger partial charge in [-0.3, -0.25) is 4.98 Å².